The highest BCUT2D eigenvalue weighted by Crippen LogP contribution is 2.47. The first kappa shape index (κ1) is 14.4. The molecule has 0 aliphatic heterocycles. The highest BCUT2D eigenvalue weighted by atomic mass is 16.1. The molecule has 1 N–H and O–H groups in total. The van der Waals surface area contributed by atoms with E-state index in [0.717, 1.165) is 37.3 Å². The fourth-order valence-corrected chi connectivity index (χ4v) is 3.23. The first-order valence-corrected chi connectivity index (χ1v) is 8.39. The van der Waals surface area contributed by atoms with Crippen molar-refractivity contribution in [3.63, 3.8) is 0 Å². The number of carbonyl (C=O) groups is 1. The van der Waals surface area contributed by atoms with E-state index in [1.54, 1.807) is 6.20 Å². The van der Waals surface area contributed by atoms with Gasteiger partial charge >= 0.3 is 0 Å². The van der Waals surface area contributed by atoms with Gasteiger partial charge in [-0.3, -0.25) is 4.79 Å². The van der Waals surface area contributed by atoms with Crippen LogP contribution in [0, 0.1) is 12.8 Å². The molecule has 0 unspecified atom stereocenters. The maximum Gasteiger partial charge on any atom is 0.254 e. The van der Waals surface area contributed by atoms with E-state index in [1.807, 2.05) is 13.0 Å². The van der Waals surface area contributed by atoms with Crippen molar-refractivity contribution in [3.8, 4) is 0 Å². The Kier molecular flexibility index (Phi) is 3.60. The minimum absolute atomic E-state index is 0.0226. The average molecular weight is 307 g/mol. The smallest absolute Gasteiger partial charge is 0.254 e. The van der Waals surface area contributed by atoms with E-state index < -0.39 is 0 Å². The zero-order chi connectivity index (χ0) is 15.8. The van der Waals surface area contributed by atoms with Gasteiger partial charge in [0, 0.05) is 18.7 Å². The molecule has 2 aliphatic carbocycles. The van der Waals surface area contributed by atoms with E-state index >= 15 is 0 Å². The van der Waals surface area contributed by atoms with Crippen molar-refractivity contribution in [1.82, 2.24) is 15.3 Å². The molecule has 2 atom stereocenters. The molecule has 1 heterocycles. The monoisotopic (exact) mass is 307 g/mol. The Morgan fingerprint density at radius 1 is 1.26 bits per heavy atom. The summed E-state index contributed by atoms with van der Waals surface area (Å²) in [6, 6.07) is 10.5. The third-order valence-corrected chi connectivity index (χ3v) is 4.82. The minimum atomic E-state index is -0.0226. The molecule has 4 nitrogen and oxygen atoms in total. The van der Waals surface area contributed by atoms with Gasteiger partial charge in [0.25, 0.3) is 5.91 Å². The van der Waals surface area contributed by atoms with E-state index in [4.69, 9.17) is 0 Å². The van der Waals surface area contributed by atoms with Crippen LogP contribution in [0.25, 0.3) is 0 Å². The van der Waals surface area contributed by atoms with Crippen molar-refractivity contribution in [3.05, 3.63) is 59.2 Å². The lowest BCUT2D eigenvalue weighted by Crippen LogP contribution is -2.27. The van der Waals surface area contributed by atoms with Crippen molar-refractivity contribution in [2.45, 2.75) is 38.0 Å². The predicted octanol–water partition coefficient (Wildman–Crippen LogP) is 3.20. The summed E-state index contributed by atoms with van der Waals surface area (Å²) in [6.45, 7) is 2.61. The van der Waals surface area contributed by atoms with Crippen LogP contribution < -0.4 is 5.32 Å². The fourth-order valence-electron chi connectivity index (χ4n) is 3.23. The van der Waals surface area contributed by atoms with Crippen molar-refractivity contribution in [2.75, 3.05) is 6.54 Å². The van der Waals surface area contributed by atoms with Crippen molar-refractivity contribution in [2.24, 2.45) is 5.92 Å². The van der Waals surface area contributed by atoms with Gasteiger partial charge in [-0.05, 0) is 43.6 Å². The van der Waals surface area contributed by atoms with Crippen LogP contribution in [0.3, 0.4) is 0 Å². The van der Waals surface area contributed by atoms with E-state index in [2.05, 4.69) is 39.6 Å². The Balaban J connectivity index is 1.38. The summed E-state index contributed by atoms with van der Waals surface area (Å²) < 4.78 is 0. The molecular formula is C19H21N3O. The van der Waals surface area contributed by atoms with Crippen LogP contribution >= 0.6 is 0 Å². The lowest BCUT2D eigenvalue weighted by molar-refractivity contribution is 0.0949. The zero-order valence-electron chi connectivity index (χ0n) is 13.3. The van der Waals surface area contributed by atoms with E-state index in [0.29, 0.717) is 23.3 Å². The van der Waals surface area contributed by atoms with Gasteiger partial charge in [0.15, 0.2) is 0 Å². The molecule has 0 spiro atoms. The van der Waals surface area contributed by atoms with Crippen LogP contribution in [-0.2, 0) is 0 Å². The summed E-state index contributed by atoms with van der Waals surface area (Å²) in [4.78, 5) is 21.2. The van der Waals surface area contributed by atoms with Gasteiger partial charge in [0.1, 0.15) is 5.82 Å². The molecule has 4 rings (SSSR count). The first-order chi connectivity index (χ1) is 11.2. The normalized spacial score (nSPS) is 22.7. The highest BCUT2D eigenvalue weighted by Gasteiger charge is 2.38. The molecular weight excluding hydrogens is 286 g/mol. The summed E-state index contributed by atoms with van der Waals surface area (Å²) >= 11 is 0. The van der Waals surface area contributed by atoms with Gasteiger partial charge in [0.05, 0.1) is 11.3 Å². The van der Waals surface area contributed by atoms with Gasteiger partial charge in [-0.25, -0.2) is 9.97 Å². The van der Waals surface area contributed by atoms with Gasteiger partial charge in [-0.1, -0.05) is 30.3 Å². The Bertz CT molecular complexity index is 725. The van der Waals surface area contributed by atoms with Crippen LogP contribution in [0.5, 0.6) is 0 Å². The topological polar surface area (TPSA) is 54.9 Å². The quantitative estimate of drug-likeness (QED) is 0.923. The number of aryl methyl sites for hydroxylation is 1. The van der Waals surface area contributed by atoms with Crippen LogP contribution in [-0.4, -0.2) is 22.4 Å². The second-order valence-corrected chi connectivity index (χ2v) is 6.71. The SMILES string of the molecule is Cc1ncc(C(=O)NC[C@@H]2C[C@H]2c2ccccc2)c(C2CC2)n1. The first-order valence-electron chi connectivity index (χ1n) is 8.39. The molecule has 4 heteroatoms. The molecule has 1 amide bonds. The standard InChI is InChI=1S/C19H21N3O/c1-12-20-11-17(18(22-12)14-7-8-14)19(23)21-10-15-9-16(15)13-5-3-2-4-6-13/h2-6,11,14-16H,7-10H2,1H3,(H,21,23)/t15-,16-/m0/s1. The molecule has 2 aliphatic rings. The van der Waals surface area contributed by atoms with Gasteiger partial charge < -0.3 is 5.32 Å². The molecule has 1 aromatic carbocycles. The molecule has 0 saturated heterocycles. The number of hydrogen-bond donors (Lipinski definition) is 1. The lowest BCUT2D eigenvalue weighted by Gasteiger charge is -2.09. The Morgan fingerprint density at radius 2 is 2.04 bits per heavy atom. The number of carbonyl (C=O) groups excluding carboxylic acids is 1. The number of benzene rings is 1. The van der Waals surface area contributed by atoms with E-state index in [9.17, 15) is 4.79 Å². The highest BCUT2D eigenvalue weighted by molar-refractivity contribution is 5.95. The van der Waals surface area contributed by atoms with Crippen LogP contribution in [0.15, 0.2) is 36.5 Å². The summed E-state index contributed by atoms with van der Waals surface area (Å²) in [6.07, 6.45) is 5.11. The van der Waals surface area contributed by atoms with Crippen molar-refractivity contribution < 1.29 is 4.79 Å². The van der Waals surface area contributed by atoms with Crippen LogP contribution in [0.1, 0.15) is 58.5 Å². The minimum Gasteiger partial charge on any atom is -0.352 e. The Morgan fingerprint density at radius 3 is 2.78 bits per heavy atom. The number of nitrogens with one attached hydrogen (secondary N) is 1. The maximum atomic E-state index is 12.5. The molecule has 118 valence electrons. The largest absolute Gasteiger partial charge is 0.352 e. The number of rotatable bonds is 5. The van der Waals surface area contributed by atoms with Crippen molar-refractivity contribution in [1.29, 1.82) is 0 Å². The van der Waals surface area contributed by atoms with Crippen LogP contribution in [0.2, 0.25) is 0 Å². The summed E-state index contributed by atoms with van der Waals surface area (Å²) in [5.74, 6) is 2.32. The third kappa shape index (κ3) is 3.11. The fraction of sp³-hybridized carbons (Fsp3) is 0.421. The van der Waals surface area contributed by atoms with Gasteiger partial charge in [0.2, 0.25) is 0 Å². The predicted molar refractivity (Wildman–Crippen MR) is 88.4 cm³/mol. The lowest BCUT2D eigenvalue weighted by atomic mass is 10.1. The molecule has 2 fully saturated rings. The molecule has 2 saturated carbocycles. The molecule has 1 aromatic heterocycles. The van der Waals surface area contributed by atoms with Crippen LogP contribution in [0.4, 0.5) is 0 Å². The van der Waals surface area contributed by atoms with E-state index in [-0.39, 0.29) is 5.91 Å². The number of aromatic nitrogens is 2. The number of amides is 1. The maximum absolute atomic E-state index is 12.5. The number of hydrogen-bond acceptors (Lipinski definition) is 3. The second-order valence-electron chi connectivity index (χ2n) is 6.71. The molecule has 0 radical (unpaired) electrons. The van der Waals surface area contributed by atoms with E-state index in [1.165, 1.54) is 5.56 Å². The average Bonchev–Trinajstić information content (AvgIpc) is 3.47. The third-order valence-electron chi connectivity index (χ3n) is 4.82. The summed E-state index contributed by atoms with van der Waals surface area (Å²) in [5, 5.41) is 3.08. The summed E-state index contributed by atoms with van der Waals surface area (Å²) in [7, 11) is 0. The van der Waals surface area contributed by atoms with Gasteiger partial charge in [-0.15, -0.1) is 0 Å². The molecule has 2 aromatic rings. The van der Waals surface area contributed by atoms with Gasteiger partial charge in [-0.2, -0.15) is 0 Å². The Hall–Kier alpha value is -2.23. The molecule has 23 heavy (non-hydrogen) atoms. The zero-order valence-corrected chi connectivity index (χ0v) is 13.3. The summed E-state index contributed by atoms with van der Waals surface area (Å²) in [5.41, 5.74) is 2.98. The number of nitrogens with zero attached hydrogens (tertiary/aromatic N) is 2. The molecule has 0 bridgehead atoms. The Labute approximate surface area is 136 Å². The van der Waals surface area contributed by atoms with Crippen molar-refractivity contribution >= 4 is 5.91 Å². The second kappa shape index (κ2) is 5.76.